The predicted octanol–water partition coefficient (Wildman–Crippen LogP) is 0.913. The van der Waals surface area contributed by atoms with Gasteiger partial charge >= 0.3 is 0 Å². The molecule has 0 aromatic rings. The summed E-state index contributed by atoms with van der Waals surface area (Å²) in [5.41, 5.74) is 11.0. The Morgan fingerprint density at radius 3 is 2.08 bits per heavy atom. The zero-order chi connectivity index (χ0) is 9.53. The lowest BCUT2D eigenvalue weighted by Crippen LogP contribution is -2.59. The van der Waals surface area contributed by atoms with Gasteiger partial charge in [-0.2, -0.15) is 0 Å². The average molecular weight is 182 g/mol. The molecule has 1 spiro atoms. The van der Waals surface area contributed by atoms with E-state index < -0.39 is 5.54 Å². The summed E-state index contributed by atoms with van der Waals surface area (Å²) in [4.78, 5) is 11.4. The third kappa shape index (κ3) is 1.03. The molecule has 0 heterocycles. The molecule has 2 aliphatic carbocycles. The van der Waals surface area contributed by atoms with Crippen LogP contribution in [0.25, 0.3) is 0 Å². The maximum atomic E-state index is 11.4. The Balaban J connectivity index is 2.31. The van der Waals surface area contributed by atoms with Crippen LogP contribution in [-0.2, 0) is 4.79 Å². The van der Waals surface area contributed by atoms with Crippen LogP contribution in [0.3, 0.4) is 0 Å². The number of hydrogen-bond donors (Lipinski definition) is 2. The third-order valence-corrected chi connectivity index (χ3v) is 4.17. The van der Waals surface area contributed by atoms with E-state index >= 15 is 0 Å². The first kappa shape index (κ1) is 9.00. The van der Waals surface area contributed by atoms with Crippen LogP contribution in [0.15, 0.2) is 0 Å². The molecule has 4 N–H and O–H groups in total. The average Bonchev–Trinajstić information content (AvgIpc) is 2.64. The minimum Gasteiger partial charge on any atom is -0.368 e. The standard InChI is InChI=1S/C10H18N2O/c11-8(13)10(12)7-3-6-9(10)4-1-2-5-9/h1-7,12H2,(H2,11,13). The second-order valence-corrected chi connectivity index (χ2v) is 4.68. The highest BCUT2D eigenvalue weighted by Gasteiger charge is 2.56. The minimum absolute atomic E-state index is 0.0683. The van der Waals surface area contributed by atoms with Gasteiger partial charge in [0.1, 0.15) is 5.54 Å². The van der Waals surface area contributed by atoms with Gasteiger partial charge in [0.15, 0.2) is 0 Å². The van der Waals surface area contributed by atoms with Crippen molar-refractivity contribution in [3.8, 4) is 0 Å². The summed E-state index contributed by atoms with van der Waals surface area (Å²) in [6.07, 6.45) is 7.60. The van der Waals surface area contributed by atoms with Crippen LogP contribution in [0.4, 0.5) is 0 Å². The molecule has 0 aromatic heterocycles. The Hall–Kier alpha value is -0.570. The van der Waals surface area contributed by atoms with E-state index in [-0.39, 0.29) is 11.3 Å². The fraction of sp³-hybridized carbons (Fsp3) is 0.900. The Kier molecular flexibility index (Phi) is 1.88. The normalized spacial score (nSPS) is 37.0. The van der Waals surface area contributed by atoms with Crippen molar-refractivity contribution in [1.29, 1.82) is 0 Å². The van der Waals surface area contributed by atoms with Crippen molar-refractivity contribution in [3.05, 3.63) is 0 Å². The van der Waals surface area contributed by atoms with Gasteiger partial charge in [-0.05, 0) is 31.1 Å². The number of rotatable bonds is 1. The van der Waals surface area contributed by atoms with E-state index in [1.807, 2.05) is 0 Å². The first-order valence-corrected chi connectivity index (χ1v) is 5.20. The molecule has 74 valence electrons. The molecule has 3 heteroatoms. The molecule has 2 aliphatic rings. The van der Waals surface area contributed by atoms with Crippen LogP contribution in [0.1, 0.15) is 44.9 Å². The molecule has 2 fully saturated rings. The van der Waals surface area contributed by atoms with Gasteiger partial charge < -0.3 is 11.5 Å². The minimum atomic E-state index is -0.691. The van der Waals surface area contributed by atoms with Crippen molar-refractivity contribution in [2.45, 2.75) is 50.5 Å². The lowest BCUT2D eigenvalue weighted by atomic mass is 9.70. The molecule has 1 atom stereocenters. The summed E-state index contributed by atoms with van der Waals surface area (Å²) in [7, 11) is 0. The second-order valence-electron chi connectivity index (χ2n) is 4.68. The topological polar surface area (TPSA) is 69.1 Å². The quantitative estimate of drug-likeness (QED) is 0.633. The summed E-state index contributed by atoms with van der Waals surface area (Å²) < 4.78 is 0. The Morgan fingerprint density at radius 1 is 1.00 bits per heavy atom. The highest BCUT2D eigenvalue weighted by atomic mass is 16.1. The van der Waals surface area contributed by atoms with E-state index in [0.29, 0.717) is 0 Å². The molecule has 13 heavy (non-hydrogen) atoms. The van der Waals surface area contributed by atoms with Gasteiger partial charge in [-0.15, -0.1) is 0 Å². The number of carbonyl (C=O) groups excluding carboxylic acids is 1. The van der Waals surface area contributed by atoms with Crippen LogP contribution in [0.2, 0.25) is 0 Å². The van der Waals surface area contributed by atoms with Crippen molar-refractivity contribution in [2.75, 3.05) is 0 Å². The number of hydrogen-bond acceptors (Lipinski definition) is 2. The van der Waals surface area contributed by atoms with Crippen molar-refractivity contribution >= 4 is 5.91 Å². The zero-order valence-corrected chi connectivity index (χ0v) is 8.01. The summed E-state index contributed by atoms with van der Waals surface area (Å²) in [5, 5.41) is 0. The fourth-order valence-corrected chi connectivity index (χ4v) is 3.33. The lowest BCUT2D eigenvalue weighted by molar-refractivity contribution is -0.126. The van der Waals surface area contributed by atoms with Crippen LogP contribution in [0.5, 0.6) is 0 Å². The molecule has 1 amide bonds. The first-order chi connectivity index (χ1) is 6.11. The van der Waals surface area contributed by atoms with E-state index in [9.17, 15) is 4.79 Å². The number of carbonyl (C=O) groups is 1. The number of amides is 1. The molecular formula is C10H18N2O. The van der Waals surface area contributed by atoms with Crippen molar-refractivity contribution < 1.29 is 4.79 Å². The smallest absolute Gasteiger partial charge is 0.238 e. The third-order valence-electron chi connectivity index (χ3n) is 4.17. The molecule has 0 saturated heterocycles. The summed E-state index contributed by atoms with van der Waals surface area (Å²) in [6.45, 7) is 0. The van der Waals surface area contributed by atoms with Crippen molar-refractivity contribution in [2.24, 2.45) is 16.9 Å². The van der Waals surface area contributed by atoms with Gasteiger partial charge in [0.2, 0.25) is 5.91 Å². The molecule has 3 nitrogen and oxygen atoms in total. The maximum Gasteiger partial charge on any atom is 0.238 e. The van der Waals surface area contributed by atoms with E-state index in [1.54, 1.807) is 0 Å². The van der Waals surface area contributed by atoms with Crippen LogP contribution in [-0.4, -0.2) is 11.4 Å². The van der Waals surface area contributed by atoms with Crippen molar-refractivity contribution in [3.63, 3.8) is 0 Å². The van der Waals surface area contributed by atoms with Gasteiger partial charge in [0.25, 0.3) is 0 Å². The van der Waals surface area contributed by atoms with Crippen LogP contribution >= 0.6 is 0 Å². The van der Waals surface area contributed by atoms with Gasteiger partial charge in [0.05, 0.1) is 0 Å². The lowest BCUT2D eigenvalue weighted by Gasteiger charge is -2.38. The Bertz CT molecular complexity index is 228. The summed E-state index contributed by atoms with van der Waals surface area (Å²) in [6, 6.07) is 0. The highest BCUT2D eigenvalue weighted by molar-refractivity contribution is 5.86. The maximum absolute atomic E-state index is 11.4. The number of primary amides is 1. The van der Waals surface area contributed by atoms with Gasteiger partial charge in [0, 0.05) is 0 Å². The second kappa shape index (κ2) is 2.71. The monoisotopic (exact) mass is 182 g/mol. The molecular weight excluding hydrogens is 164 g/mol. The predicted molar refractivity (Wildman–Crippen MR) is 50.9 cm³/mol. The molecule has 2 rings (SSSR count). The molecule has 1 unspecified atom stereocenters. The van der Waals surface area contributed by atoms with E-state index in [1.165, 1.54) is 12.8 Å². The zero-order valence-electron chi connectivity index (χ0n) is 8.01. The largest absolute Gasteiger partial charge is 0.368 e. The van der Waals surface area contributed by atoms with Gasteiger partial charge in [-0.1, -0.05) is 19.3 Å². The summed E-state index contributed by atoms with van der Waals surface area (Å²) in [5.74, 6) is -0.285. The SMILES string of the molecule is NC(=O)C1(N)CCCC12CCCC2. The van der Waals surface area contributed by atoms with E-state index in [0.717, 1.165) is 32.1 Å². The molecule has 0 aliphatic heterocycles. The molecule has 2 saturated carbocycles. The van der Waals surface area contributed by atoms with Crippen LogP contribution < -0.4 is 11.5 Å². The summed E-state index contributed by atoms with van der Waals surface area (Å²) >= 11 is 0. The van der Waals surface area contributed by atoms with E-state index in [2.05, 4.69) is 0 Å². The Morgan fingerprint density at radius 2 is 1.54 bits per heavy atom. The molecule has 0 radical (unpaired) electrons. The van der Waals surface area contributed by atoms with Crippen LogP contribution in [0, 0.1) is 5.41 Å². The fourth-order valence-electron chi connectivity index (χ4n) is 3.33. The van der Waals surface area contributed by atoms with Gasteiger partial charge in [-0.3, -0.25) is 4.79 Å². The number of nitrogens with two attached hydrogens (primary N) is 2. The van der Waals surface area contributed by atoms with Crippen molar-refractivity contribution in [1.82, 2.24) is 0 Å². The highest BCUT2D eigenvalue weighted by Crippen LogP contribution is 2.55. The van der Waals surface area contributed by atoms with Gasteiger partial charge in [-0.25, -0.2) is 0 Å². The van der Waals surface area contributed by atoms with E-state index in [4.69, 9.17) is 11.5 Å². The molecule has 0 aromatic carbocycles. The first-order valence-electron chi connectivity index (χ1n) is 5.20. The molecule has 0 bridgehead atoms. The Labute approximate surface area is 78.9 Å².